The van der Waals surface area contributed by atoms with E-state index < -0.39 is 0 Å². The quantitative estimate of drug-likeness (QED) is 0.354. The third kappa shape index (κ3) is 3.66. The van der Waals surface area contributed by atoms with E-state index in [2.05, 4.69) is 48.9 Å². The van der Waals surface area contributed by atoms with Gasteiger partial charge in [0, 0.05) is 34.6 Å². The van der Waals surface area contributed by atoms with Crippen molar-refractivity contribution >= 4 is 28.0 Å². The summed E-state index contributed by atoms with van der Waals surface area (Å²) >= 11 is 0. The van der Waals surface area contributed by atoms with Crippen molar-refractivity contribution in [1.29, 1.82) is 0 Å². The molecule has 0 amide bonds. The number of hydrogen-bond acceptors (Lipinski definition) is 3. The Kier molecular flexibility index (Phi) is 5.64. The van der Waals surface area contributed by atoms with E-state index in [0.29, 0.717) is 11.4 Å². The minimum Gasteiger partial charge on any atom is -0.344 e. The molecule has 2 heterocycles. The highest BCUT2D eigenvalue weighted by Crippen LogP contribution is 2.32. The highest BCUT2D eigenvalue weighted by molar-refractivity contribution is 5.99. The molecule has 4 aromatic rings. The van der Waals surface area contributed by atoms with Crippen LogP contribution >= 0.6 is 0 Å². The van der Waals surface area contributed by atoms with Gasteiger partial charge < -0.3 is 4.57 Å². The SMILES string of the molecule is CC[C@H](C)n1cc(C=Nn2c(C3CCCCC3)nc3ccccc3c2=O)c2ccccc21. The van der Waals surface area contributed by atoms with Gasteiger partial charge in [0.25, 0.3) is 5.56 Å². The van der Waals surface area contributed by atoms with Crippen LogP contribution in [0.4, 0.5) is 0 Å². The number of benzene rings is 2. The van der Waals surface area contributed by atoms with E-state index in [1.807, 2.05) is 30.5 Å². The molecule has 1 aliphatic carbocycles. The second-order valence-electron chi connectivity index (χ2n) is 8.95. The zero-order valence-electron chi connectivity index (χ0n) is 18.9. The van der Waals surface area contributed by atoms with Crippen LogP contribution in [0.25, 0.3) is 21.8 Å². The van der Waals surface area contributed by atoms with Gasteiger partial charge in [-0.05, 0) is 44.4 Å². The lowest BCUT2D eigenvalue weighted by molar-refractivity contribution is 0.416. The van der Waals surface area contributed by atoms with Crippen LogP contribution in [0, 0.1) is 0 Å². The summed E-state index contributed by atoms with van der Waals surface area (Å²) in [6.45, 7) is 4.43. The zero-order chi connectivity index (χ0) is 22.1. The molecule has 0 bridgehead atoms. The van der Waals surface area contributed by atoms with Crippen molar-refractivity contribution in [3.8, 4) is 0 Å². The molecule has 0 N–H and O–H groups in total. The lowest BCUT2D eigenvalue weighted by Crippen LogP contribution is -2.25. The summed E-state index contributed by atoms with van der Waals surface area (Å²) in [5.41, 5.74) is 2.89. The van der Waals surface area contributed by atoms with E-state index in [0.717, 1.165) is 41.6 Å². The zero-order valence-corrected chi connectivity index (χ0v) is 18.9. The van der Waals surface area contributed by atoms with Crippen LogP contribution in [-0.4, -0.2) is 20.4 Å². The average Bonchev–Trinajstić information content (AvgIpc) is 3.22. The number of nitrogens with zero attached hydrogens (tertiary/aromatic N) is 4. The van der Waals surface area contributed by atoms with Crippen LogP contribution in [0.3, 0.4) is 0 Å². The van der Waals surface area contributed by atoms with E-state index in [-0.39, 0.29) is 11.5 Å². The maximum atomic E-state index is 13.4. The summed E-state index contributed by atoms with van der Waals surface area (Å²) in [6, 6.07) is 16.4. The predicted octanol–water partition coefficient (Wildman–Crippen LogP) is 6.25. The first-order chi connectivity index (χ1) is 15.7. The first-order valence-corrected chi connectivity index (χ1v) is 11.8. The topological polar surface area (TPSA) is 52.2 Å². The van der Waals surface area contributed by atoms with Gasteiger partial charge in [-0.1, -0.05) is 56.5 Å². The van der Waals surface area contributed by atoms with E-state index in [9.17, 15) is 4.79 Å². The van der Waals surface area contributed by atoms with Crippen LogP contribution in [0.2, 0.25) is 0 Å². The Bertz CT molecular complexity index is 1340. The standard InChI is InChI=1S/C27H30N4O/c1-3-19(2)30-18-21(22-13-8-10-16-25(22)30)17-28-31-26(20-11-5-4-6-12-20)29-24-15-9-7-14-23(24)27(31)32/h7-10,13-20H,3-6,11-12H2,1-2H3/t19-/m0/s1. The smallest absolute Gasteiger partial charge is 0.282 e. The molecule has 5 rings (SSSR count). The Labute approximate surface area is 188 Å². The molecule has 0 saturated heterocycles. The second-order valence-corrected chi connectivity index (χ2v) is 8.95. The summed E-state index contributed by atoms with van der Waals surface area (Å²) in [6.07, 6.45) is 10.8. The van der Waals surface area contributed by atoms with Crippen LogP contribution in [0.5, 0.6) is 0 Å². The van der Waals surface area contributed by atoms with E-state index >= 15 is 0 Å². The van der Waals surface area contributed by atoms with Gasteiger partial charge in [-0.2, -0.15) is 9.78 Å². The second kappa shape index (κ2) is 8.73. The lowest BCUT2D eigenvalue weighted by Gasteiger charge is -2.22. The number of rotatable bonds is 5. The van der Waals surface area contributed by atoms with Crippen molar-refractivity contribution < 1.29 is 0 Å². The molecule has 32 heavy (non-hydrogen) atoms. The maximum Gasteiger partial charge on any atom is 0.282 e. The molecule has 1 fully saturated rings. The van der Waals surface area contributed by atoms with Crippen LogP contribution < -0.4 is 5.56 Å². The van der Waals surface area contributed by atoms with Crippen molar-refractivity contribution in [2.24, 2.45) is 5.10 Å². The summed E-state index contributed by atoms with van der Waals surface area (Å²) in [7, 11) is 0. The van der Waals surface area contributed by atoms with E-state index in [1.54, 1.807) is 4.68 Å². The minimum atomic E-state index is -0.0851. The Hall–Kier alpha value is -3.21. The maximum absolute atomic E-state index is 13.4. The fourth-order valence-corrected chi connectivity index (χ4v) is 4.89. The van der Waals surface area contributed by atoms with Gasteiger partial charge >= 0.3 is 0 Å². The van der Waals surface area contributed by atoms with Crippen molar-refractivity contribution in [3.05, 3.63) is 76.5 Å². The Morgan fingerprint density at radius 2 is 1.78 bits per heavy atom. The molecule has 0 radical (unpaired) electrons. The highest BCUT2D eigenvalue weighted by Gasteiger charge is 2.22. The summed E-state index contributed by atoms with van der Waals surface area (Å²) in [4.78, 5) is 18.4. The Balaban J connectivity index is 1.65. The van der Waals surface area contributed by atoms with Crippen LogP contribution in [-0.2, 0) is 0 Å². The average molecular weight is 427 g/mol. The molecule has 2 aromatic carbocycles. The molecule has 1 atom stereocenters. The Morgan fingerprint density at radius 1 is 1.06 bits per heavy atom. The predicted molar refractivity (Wildman–Crippen MR) is 132 cm³/mol. The molecule has 0 aliphatic heterocycles. The molecule has 5 heteroatoms. The third-order valence-corrected chi connectivity index (χ3v) is 6.90. The molecule has 1 saturated carbocycles. The molecule has 2 aromatic heterocycles. The summed E-state index contributed by atoms with van der Waals surface area (Å²) in [5, 5.41) is 6.52. The van der Waals surface area contributed by atoms with Crippen LogP contribution in [0.1, 0.15) is 75.7 Å². The van der Waals surface area contributed by atoms with Crippen molar-refractivity contribution in [2.45, 2.75) is 64.3 Å². The monoisotopic (exact) mass is 426 g/mol. The molecule has 0 unspecified atom stereocenters. The summed E-state index contributed by atoms with van der Waals surface area (Å²) in [5.74, 6) is 1.08. The van der Waals surface area contributed by atoms with E-state index in [1.165, 1.54) is 24.8 Å². The first-order valence-electron chi connectivity index (χ1n) is 11.8. The number of para-hydroxylation sites is 2. The molecular formula is C27H30N4O. The van der Waals surface area contributed by atoms with E-state index in [4.69, 9.17) is 10.1 Å². The number of aromatic nitrogens is 3. The normalized spacial score (nSPS) is 16.3. The van der Waals surface area contributed by atoms with Gasteiger partial charge in [0.05, 0.1) is 17.1 Å². The minimum absolute atomic E-state index is 0.0851. The van der Waals surface area contributed by atoms with Gasteiger partial charge in [0.15, 0.2) is 0 Å². The van der Waals surface area contributed by atoms with Crippen LogP contribution in [0.15, 0.2) is 64.6 Å². The molecular weight excluding hydrogens is 396 g/mol. The van der Waals surface area contributed by atoms with Gasteiger partial charge in [0.2, 0.25) is 0 Å². The van der Waals surface area contributed by atoms with Gasteiger partial charge in [0.1, 0.15) is 5.82 Å². The number of hydrogen-bond donors (Lipinski definition) is 0. The highest BCUT2D eigenvalue weighted by atomic mass is 16.1. The van der Waals surface area contributed by atoms with Gasteiger partial charge in [-0.25, -0.2) is 4.98 Å². The molecule has 1 aliphatic rings. The van der Waals surface area contributed by atoms with Crippen molar-refractivity contribution in [1.82, 2.24) is 14.2 Å². The fourth-order valence-electron chi connectivity index (χ4n) is 4.89. The fraction of sp³-hybridized carbons (Fsp3) is 0.370. The molecule has 0 spiro atoms. The van der Waals surface area contributed by atoms with Gasteiger partial charge in [-0.3, -0.25) is 4.79 Å². The van der Waals surface area contributed by atoms with Gasteiger partial charge in [-0.15, -0.1) is 0 Å². The lowest BCUT2D eigenvalue weighted by atomic mass is 9.88. The molecule has 164 valence electrons. The molecule has 5 nitrogen and oxygen atoms in total. The van der Waals surface area contributed by atoms with Crippen molar-refractivity contribution in [2.75, 3.05) is 0 Å². The summed E-state index contributed by atoms with van der Waals surface area (Å²) < 4.78 is 3.87. The Morgan fingerprint density at radius 3 is 2.56 bits per heavy atom. The first kappa shape index (κ1) is 20.7. The third-order valence-electron chi connectivity index (χ3n) is 6.90. The number of fused-ring (bicyclic) bond motifs is 2. The van der Waals surface area contributed by atoms with Crippen molar-refractivity contribution in [3.63, 3.8) is 0 Å². The largest absolute Gasteiger partial charge is 0.344 e.